The molecule has 2 N–H and O–H groups in total. The summed E-state index contributed by atoms with van der Waals surface area (Å²) in [5.41, 5.74) is 1.02. The zero-order chi connectivity index (χ0) is 17.5. The molecule has 1 unspecified atom stereocenters. The first kappa shape index (κ1) is 17.3. The Hall–Kier alpha value is -2.51. The third-order valence-corrected chi connectivity index (χ3v) is 4.14. The molecule has 1 atom stereocenters. The van der Waals surface area contributed by atoms with E-state index in [4.69, 9.17) is 4.74 Å². The van der Waals surface area contributed by atoms with Gasteiger partial charge in [0.15, 0.2) is 5.69 Å². The molecule has 1 amide bonds. The fourth-order valence-corrected chi connectivity index (χ4v) is 2.69. The van der Waals surface area contributed by atoms with Crippen LogP contribution < -0.4 is 10.6 Å². The molecule has 0 radical (unpaired) electrons. The molecule has 1 aromatic carbocycles. The molecule has 132 valence electrons. The fourth-order valence-electron chi connectivity index (χ4n) is 2.69. The largest absolute Gasteiger partial charge is 0.379 e. The van der Waals surface area contributed by atoms with Gasteiger partial charge in [-0.25, -0.2) is 0 Å². The number of carbonyl (C=O) groups excluding carboxylic acids is 1. The Morgan fingerprint density at radius 1 is 1.24 bits per heavy atom. The number of benzene rings is 1. The van der Waals surface area contributed by atoms with Crippen LogP contribution in [0, 0.1) is 0 Å². The van der Waals surface area contributed by atoms with E-state index in [-0.39, 0.29) is 11.6 Å². The van der Waals surface area contributed by atoms with Crippen LogP contribution in [0.2, 0.25) is 0 Å². The van der Waals surface area contributed by atoms with Crippen LogP contribution in [0.1, 0.15) is 17.4 Å². The summed E-state index contributed by atoms with van der Waals surface area (Å²) in [4.78, 5) is 14.5. The van der Waals surface area contributed by atoms with Gasteiger partial charge in [-0.1, -0.05) is 18.2 Å². The first-order valence-corrected chi connectivity index (χ1v) is 8.48. The van der Waals surface area contributed by atoms with Crippen molar-refractivity contribution in [3.8, 4) is 0 Å². The minimum atomic E-state index is -0.271. The molecule has 25 heavy (non-hydrogen) atoms. The highest BCUT2D eigenvalue weighted by Crippen LogP contribution is 2.09. The Morgan fingerprint density at radius 2 is 2.08 bits per heavy atom. The molecule has 1 saturated heterocycles. The van der Waals surface area contributed by atoms with Crippen molar-refractivity contribution in [3.05, 3.63) is 48.2 Å². The molecule has 1 aromatic heterocycles. The summed E-state index contributed by atoms with van der Waals surface area (Å²) in [5.74, 6) is 0.393. The first-order valence-electron chi connectivity index (χ1n) is 8.48. The minimum absolute atomic E-state index is 0.271. The Balaban J connectivity index is 1.47. The maximum atomic E-state index is 12.1. The van der Waals surface area contributed by atoms with Gasteiger partial charge in [-0.15, -0.1) is 10.2 Å². The molecular weight excluding hydrogens is 318 g/mol. The number of nitrogens with zero attached hydrogens (tertiary/aromatic N) is 3. The first-order chi connectivity index (χ1) is 12.2. The molecule has 1 aliphatic rings. The Labute approximate surface area is 147 Å². The maximum Gasteiger partial charge on any atom is 0.276 e. The van der Waals surface area contributed by atoms with E-state index < -0.39 is 0 Å². The zero-order valence-electron chi connectivity index (χ0n) is 14.3. The van der Waals surface area contributed by atoms with E-state index in [0.717, 1.165) is 38.5 Å². The van der Waals surface area contributed by atoms with Gasteiger partial charge >= 0.3 is 0 Å². The van der Waals surface area contributed by atoms with Gasteiger partial charge in [0.2, 0.25) is 0 Å². The molecule has 0 spiro atoms. The van der Waals surface area contributed by atoms with Crippen molar-refractivity contribution in [2.75, 3.05) is 43.5 Å². The van der Waals surface area contributed by atoms with E-state index >= 15 is 0 Å². The van der Waals surface area contributed by atoms with Gasteiger partial charge < -0.3 is 15.4 Å². The molecule has 0 saturated carbocycles. The number of hydrogen-bond donors (Lipinski definition) is 2. The van der Waals surface area contributed by atoms with E-state index in [9.17, 15) is 4.79 Å². The number of carbonyl (C=O) groups is 1. The van der Waals surface area contributed by atoms with Crippen molar-refractivity contribution < 1.29 is 9.53 Å². The number of nitrogens with one attached hydrogen (secondary N) is 2. The summed E-state index contributed by atoms with van der Waals surface area (Å²) in [5, 5.41) is 14.1. The van der Waals surface area contributed by atoms with Crippen LogP contribution in [0.25, 0.3) is 0 Å². The molecule has 7 heteroatoms. The lowest BCUT2D eigenvalue weighted by Crippen LogP contribution is -2.45. The number of aromatic nitrogens is 2. The van der Waals surface area contributed by atoms with E-state index in [1.165, 1.54) is 0 Å². The quantitative estimate of drug-likeness (QED) is 0.835. The van der Waals surface area contributed by atoms with E-state index in [1.807, 2.05) is 30.3 Å². The lowest BCUT2D eigenvalue weighted by molar-refractivity contribution is 0.00181. The third kappa shape index (κ3) is 4.98. The standard InChI is InChI=1S/C18H23N5O2/c1-14-13-25-12-11-23(14)10-9-19-17-8-7-16(21-22-17)18(24)20-15-5-3-2-4-6-15/h2-8,14H,9-13H2,1H3,(H,19,22)(H,20,24). The average Bonchev–Trinajstić information content (AvgIpc) is 2.65. The highest BCUT2D eigenvalue weighted by atomic mass is 16.5. The molecule has 2 heterocycles. The highest BCUT2D eigenvalue weighted by Gasteiger charge is 2.17. The molecule has 0 bridgehead atoms. The maximum absolute atomic E-state index is 12.1. The van der Waals surface area contributed by atoms with Crippen LogP contribution in [0.4, 0.5) is 11.5 Å². The predicted molar refractivity (Wildman–Crippen MR) is 96.8 cm³/mol. The van der Waals surface area contributed by atoms with Gasteiger partial charge in [-0.2, -0.15) is 0 Å². The van der Waals surface area contributed by atoms with Crippen LogP contribution in [0.15, 0.2) is 42.5 Å². The molecule has 7 nitrogen and oxygen atoms in total. The van der Waals surface area contributed by atoms with Gasteiger partial charge in [0.05, 0.1) is 13.2 Å². The molecule has 3 rings (SSSR count). The topological polar surface area (TPSA) is 79.4 Å². The number of para-hydroxylation sites is 1. The lowest BCUT2D eigenvalue weighted by atomic mass is 10.2. The normalized spacial score (nSPS) is 17.9. The van der Waals surface area contributed by atoms with Crippen molar-refractivity contribution >= 4 is 17.4 Å². The number of anilines is 2. The molecule has 0 aliphatic carbocycles. The second-order valence-corrected chi connectivity index (χ2v) is 6.01. The average molecular weight is 341 g/mol. The van der Waals surface area contributed by atoms with Gasteiger partial charge in [0, 0.05) is 31.4 Å². The lowest BCUT2D eigenvalue weighted by Gasteiger charge is -2.33. The van der Waals surface area contributed by atoms with Crippen LogP contribution in [-0.4, -0.2) is 59.9 Å². The zero-order valence-corrected chi connectivity index (χ0v) is 14.3. The summed E-state index contributed by atoms with van der Waals surface area (Å²) >= 11 is 0. The van der Waals surface area contributed by atoms with Crippen LogP contribution in [0.3, 0.4) is 0 Å². The Bertz CT molecular complexity index is 678. The van der Waals surface area contributed by atoms with Crippen molar-refractivity contribution in [2.24, 2.45) is 0 Å². The van der Waals surface area contributed by atoms with Crippen LogP contribution in [-0.2, 0) is 4.74 Å². The van der Waals surface area contributed by atoms with Crippen LogP contribution >= 0.6 is 0 Å². The number of amides is 1. The van der Waals surface area contributed by atoms with Gasteiger partial charge in [0.1, 0.15) is 5.82 Å². The highest BCUT2D eigenvalue weighted by molar-refractivity contribution is 6.02. The van der Waals surface area contributed by atoms with Gasteiger partial charge in [-0.3, -0.25) is 9.69 Å². The molecule has 2 aromatic rings. The SMILES string of the molecule is CC1COCCN1CCNc1ccc(C(=O)Nc2ccccc2)nn1. The minimum Gasteiger partial charge on any atom is -0.379 e. The number of rotatable bonds is 6. The van der Waals surface area contributed by atoms with E-state index in [1.54, 1.807) is 12.1 Å². The second kappa shape index (κ2) is 8.55. The summed E-state index contributed by atoms with van der Waals surface area (Å²) in [6.07, 6.45) is 0. The molecule has 1 aliphatic heterocycles. The molecular formula is C18H23N5O2. The smallest absolute Gasteiger partial charge is 0.276 e. The number of hydrogen-bond acceptors (Lipinski definition) is 6. The van der Waals surface area contributed by atoms with Gasteiger partial charge in [-0.05, 0) is 31.2 Å². The van der Waals surface area contributed by atoms with Gasteiger partial charge in [0.25, 0.3) is 5.91 Å². The monoisotopic (exact) mass is 341 g/mol. The van der Waals surface area contributed by atoms with Crippen molar-refractivity contribution in [3.63, 3.8) is 0 Å². The third-order valence-electron chi connectivity index (χ3n) is 4.14. The summed E-state index contributed by atoms with van der Waals surface area (Å²) < 4.78 is 5.43. The van der Waals surface area contributed by atoms with Crippen LogP contribution in [0.5, 0.6) is 0 Å². The number of morpholine rings is 1. The molecule has 1 fully saturated rings. The van der Waals surface area contributed by atoms with Crippen molar-refractivity contribution in [1.82, 2.24) is 15.1 Å². The van der Waals surface area contributed by atoms with Crippen molar-refractivity contribution in [1.29, 1.82) is 0 Å². The summed E-state index contributed by atoms with van der Waals surface area (Å²) in [6.45, 7) is 6.38. The second-order valence-electron chi connectivity index (χ2n) is 6.01. The predicted octanol–water partition coefficient (Wildman–Crippen LogP) is 1.86. The fraction of sp³-hybridized carbons (Fsp3) is 0.389. The Morgan fingerprint density at radius 3 is 2.80 bits per heavy atom. The Kier molecular flexibility index (Phi) is 5.92. The number of ether oxygens (including phenoxy) is 1. The summed E-state index contributed by atoms with van der Waals surface area (Å²) in [7, 11) is 0. The summed E-state index contributed by atoms with van der Waals surface area (Å²) in [6, 6.07) is 13.2. The van der Waals surface area contributed by atoms with E-state index in [2.05, 4.69) is 32.7 Å². The van der Waals surface area contributed by atoms with E-state index in [0.29, 0.717) is 11.9 Å². The van der Waals surface area contributed by atoms with Crippen molar-refractivity contribution in [2.45, 2.75) is 13.0 Å².